The van der Waals surface area contributed by atoms with Crippen LogP contribution in [0.25, 0.3) is 0 Å². The van der Waals surface area contributed by atoms with Crippen LogP contribution in [0.4, 0.5) is 5.69 Å². The fourth-order valence-electron chi connectivity index (χ4n) is 1.55. The highest BCUT2D eigenvalue weighted by Crippen LogP contribution is 2.25. The zero-order chi connectivity index (χ0) is 14.5. The second-order valence-electron chi connectivity index (χ2n) is 3.89. The van der Waals surface area contributed by atoms with Gasteiger partial charge in [0, 0.05) is 10.0 Å². The van der Waals surface area contributed by atoms with E-state index in [0.29, 0.717) is 10.0 Å². The summed E-state index contributed by atoms with van der Waals surface area (Å²) in [5, 5.41) is 5.14. The van der Waals surface area contributed by atoms with Crippen LogP contribution in [0.5, 0.6) is 5.75 Å². The van der Waals surface area contributed by atoms with E-state index in [2.05, 4.69) is 26.5 Å². The number of rotatable bonds is 4. The van der Waals surface area contributed by atoms with Gasteiger partial charge in [0.1, 0.15) is 5.75 Å². The molecular formula is C14H11BrCl2N2O. The van der Waals surface area contributed by atoms with E-state index in [0.717, 1.165) is 21.5 Å². The molecule has 1 N–H and O–H groups in total. The Balaban J connectivity index is 2.13. The van der Waals surface area contributed by atoms with Crippen molar-refractivity contribution in [1.82, 2.24) is 0 Å². The molecule has 0 bridgehead atoms. The molecule has 0 saturated heterocycles. The number of ether oxygens (including phenoxy) is 1. The summed E-state index contributed by atoms with van der Waals surface area (Å²) in [6.45, 7) is 0. The summed E-state index contributed by atoms with van der Waals surface area (Å²) in [7, 11) is 1.62. The lowest BCUT2D eigenvalue weighted by Crippen LogP contribution is -1.94. The summed E-state index contributed by atoms with van der Waals surface area (Å²) in [4.78, 5) is 0. The summed E-state index contributed by atoms with van der Waals surface area (Å²) in [6, 6.07) is 10.9. The third-order valence-corrected chi connectivity index (χ3v) is 3.74. The number of hydrogen-bond donors (Lipinski definition) is 1. The zero-order valence-corrected chi connectivity index (χ0v) is 13.6. The van der Waals surface area contributed by atoms with E-state index in [4.69, 9.17) is 27.9 Å². The van der Waals surface area contributed by atoms with Gasteiger partial charge in [-0.05, 0) is 36.4 Å². The Morgan fingerprint density at radius 3 is 2.65 bits per heavy atom. The van der Waals surface area contributed by atoms with Crippen molar-refractivity contribution in [1.29, 1.82) is 0 Å². The first-order chi connectivity index (χ1) is 9.60. The topological polar surface area (TPSA) is 33.6 Å². The van der Waals surface area contributed by atoms with Crippen molar-refractivity contribution in [3.8, 4) is 5.75 Å². The maximum Gasteiger partial charge on any atom is 0.127 e. The highest BCUT2D eigenvalue weighted by molar-refractivity contribution is 9.10. The Bertz CT molecular complexity index is 647. The molecule has 0 aliphatic carbocycles. The van der Waals surface area contributed by atoms with Gasteiger partial charge in [-0.1, -0.05) is 39.1 Å². The maximum atomic E-state index is 5.93. The van der Waals surface area contributed by atoms with Crippen LogP contribution in [0.1, 0.15) is 5.56 Å². The molecule has 0 unspecified atom stereocenters. The minimum Gasteiger partial charge on any atom is -0.496 e. The molecule has 0 radical (unpaired) electrons. The summed E-state index contributed by atoms with van der Waals surface area (Å²) < 4.78 is 6.21. The molecule has 0 aliphatic rings. The Labute approximate surface area is 135 Å². The minimum absolute atomic E-state index is 0.479. The van der Waals surface area contributed by atoms with Crippen LogP contribution >= 0.6 is 39.1 Å². The van der Waals surface area contributed by atoms with E-state index < -0.39 is 0 Å². The Morgan fingerprint density at radius 1 is 1.15 bits per heavy atom. The van der Waals surface area contributed by atoms with E-state index in [1.807, 2.05) is 18.2 Å². The van der Waals surface area contributed by atoms with Gasteiger partial charge in [0.25, 0.3) is 0 Å². The number of anilines is 1. The monoisotopic (exact) mass is 372 g/mol. The highest BCUT2D eigenvalue weighted by atomic mass is 79.9. The molecule has 6 heteroatoms. The van der Waals surface area contributed by atoms with Crippen molar-refractivity contribution in [3.05, 3.63) is 56.5 Å². The lowest BCUT2D eigenvalue weighted by Gasteiger charge is -2.05. The van der Waals surface area contributed by atoms with E-state index in [1.165, 1.54) is 0 Å². The zero-order valence-electron chi connectivity index (χ0n) is 10.5. The van der Waals surface area contributed by atoms with Crippen LogP contribution < -0.4 is 10.2 Å². The number of hydrogen-bond acceptors (Lipinski definition) is 3. The first-order valence-electron chi connectivity index (χ1n) is 5.68. The second-order valence-corrected chi connectivity index (χ2v) is 5.62. The van der Waals surface area contributed by atoms with Crippen LogP contribution in [-0.4, -0.2) is 13.3 Å². The van der Waals surface area contributed by atoms with E-state index >= 15 is 0 Å². The quantitative estimate of drug-likeness (QED) is 0.589. The van der Waals surface area contributed by atoms with Crippen LogP contribution in [0.2, 0.25) is 10.0 Å². The molecule has 2 aromatic rings. The van der Waals surface area contributed by atoms with Gasteiger partial charge < -0.3 is 4.74 Å². The van der Waals surface area contributed by atoms with Gasteiger partial charge in [0.15, 0.2) is 0 Å². The van der Waals surface area contributed by atoms with Gasteiger partial charge >= 0.3 is 0 Å². The van der Waals surface area contributed by atoms with Gasteiger partial charge in [-0.15, -0.1) is 0 Å². The number of nitrogens with zero attached hydrogens (tertiary/aromatic N) is 1. The molecule has 2 rings (SSSR count). The Hall–Kier alpha value is -1.23. The van der Waals surface area contributed by atoms with Gasteiger partial charge in [-0.3, -0.25) is 5.43 Å². The maximum absolute atomic E-state index is 5.93. The summed E-state index contributed by atoms with van der Waals surface area (Å²) >= 11 is 15.2. The molecule has 0 atom stereocenters. The molecule has 0 saturated carbocycles. The molecule has 20 heavy (non-hydrogen) atoms. The highest BCUT2D eigenvalue weighted by Gasteiger charge is 2.01. The molecule has 0 aliphatic heterocycles. The molecule has 0 heterocycles. The van der Waals surface area contributed by atoms with Gasteiger partial charge in [-0.2, -0.15) is 5.10 Å². The molecular weight excluding hydrogens is 363 g/mol. The van der Waals surface area contributed by atoms with Gasteiger partial charge in [0.05, 0.1) is 29.1 Å². The molecule has 0 aromatic heterocycles. The van der Waals surface area contributed by atoms with Crippen LogP contribution in [-0.2, 0) is 0 Å². The van der Waals surface area contributed by atoms with E-state index in [-0.39, 0.29) is 0 Å². The standard InChI is InChI=1S/C14H11BrCl2N2O/c1-20-14-5-2-10(15)6-9(14)8-18-19-11-3-4-12(16)13(17)7-11/h2-8,19H,1H3/b18-8+. The first kappa shape index (κ1) is 15.2. The predicted octanol–water partition coefficient (Wildman–Crippen LogP) is 5.21. The Morgan fingerprint density at radius 2 is 1.95 bits per heavy atom. The average molecular weight is 374 g/mol. The fraction of sp³-hybridized carbons (Fsp3) is 0.0714. The number of hydrazone groups is 1. The van der Waals surface area contributed by atoms with Crippen molar-refractivity contribution in [3.63, 3.8) is 0 Å². The molecule has 2 aromatic carbocycles. The number of methoxy groups -OCH3 is 1. The predicted molar refractivity (Wildman–Crippen MR) is 88.4 cm³/mol. The lowest BCUT2D eigenvalue weighted by molar-refractivity contribution is 0.414. The van der Waals surface area contributed by atoms with Crippen LogP contribution in [0.3, 0.4) is 0 Å². The van der Waals surface area contributed by atoms with E-state index in [9.17, 15) is 0 Å². The number of benzene rings is 2. The molecule has 0 fully saturated rings. The van der Waals surface area contributed by atoms with Crippen molar-refractivity contribution in [2.45, 2.75) is 0 Å². The largest absolute Gasteiger partial charge is 0.496 e. The van der Waals surface area contributed by atoms with E-state index in [1.54, 1.807) is 31.5 Å². The third-order valence-electron chi connectivity index (χ3n) is 2.51. The van der Waals surface area contributed by atoms with Crippen molar-refractivity contribution >= 4 is 51.0 Å². The number of nitrogens with one attached hydrogen (secondary N) is 1. The first-order valence-corrected chi connectivity index (χ1v) is 7.22. The summed E-state index contributed by atoms with van der Waals surface area (Å²) in [5.74, 6) is 0.743. The molecule has 0 spiro atoms. The van der Waals surface area contributed by atoms with Crippen molar-refractivity contribution in [2.75, 3.05) is 12.5 Å². The third kappa shape index (κ3) is 3.88. The molecule has 3 nitrogen and oxygen atoms in total. The Kier molecular flexibility index (Phi) is 5.29. The van der Waals surface area contributed by atoms with Crippen molar-refractivity contribution < 1.29 is 4.74 Å². The summed E-state index contributed by atoms with van der Waals surface area (Å²) in [6.07, 6.45) is 1.67. The van der Waals surface area contributed by atoms with Crippen LogP contribution in [0, 0.1) is 0 Å². The van der Waals surface area contributed by atoms with Gasteiger partial charge in [-0.25, -0.2) is 0 Å². The smallest absolute Gasteiger partial charge is 0.127 e. The molecule has 104 valence electrons. The lowest BCUT2D eigenvalue weighted by atomic mass is 10.2. The SMILES string of the molecule is COc1ccc(Br)cc1/C=N/Nc1ccc(Cl)c(Cl)c1. The van der Waals surface area contributed by atoms with Crippen LogP contribution in [0.15, 0.2) is 46.0 Å². The normalized spacial score (nSPS) is 10.8. The van der Waals surface area contributed by atoms with Crippen molar-refractivity contribution in [2.24, 2.45) is 5.10 Å². The summed E-state index contributed by atoms with van der Waals surface area (Å²) in [5.41, 5.74) is 4.50. The number of halogens is 3. The van der Waals surface area contributed by atoms with Gasteiger partial charge in [0.2, 0.25) is 0 Å². The second kappa shape index (κ2) is 6.97. The molecule has 0 amide bonds. The minimum atomic E-state index is 0.479. The fourth-order valence-corrected chi connectivity index (χ4v) is 2.23. The average Bonchev–Trinajstić information content (AvgIpc) is 2.43.